The van der Waals surface area contributed by atoms with Gasteiger partial charge in [0.05, 0.1) is 16.2 Å². The topological polar surface area (TPSA) is 69.3 Å². The van der Waals surface area contributed by atoms with Gasteiger partial charge in [-0.25, -0.2) is 17.6 Å². The third kappa shape index (κ3) is 2.97. The van der Waals surface area contributed by atoms with Crippen molar-refractivity contribution in [1.82, 2.24) is 4.57 Å². The summed E-state index contributed by atoms with van der Waals surface area (Å²) in [7, 11) is -2.27. The Bertz CT molecular complexity index is 1090. The molecule has 2 aromatic carbocycles. The molecule has 0 atom stereocenters. The van der Waals surface area contributed by atoms with Gasteiger partial charge in [0.2, 0.25) is 0 Å². The maximum atomic E-state index is 13.4. The molecule has 3 rings (SSSR count). The lowest BCUT2D eigenvalue weighted by Gasteiger charge is -2.09. The standard InChI is InChI=1S/C16H13ClFNO4S/c1-9-3-14-13(19(2)16(20)23-14)7-15(9)24(21,22)8-10-4-11(17)6-12(18)5-10/h3-7H,8H2,1-2H3. The lowest BCUT2D eigenvalue weighted by atomic mass is 10.2. The molecule has 0 saturated heterocycles. The number of hydrogen-bond donors (Lipinski definition) is 0. The van der Waals surface area contributed by atoms with E-state index in [4.69, 9.17) is 16.0 Å². The maximum absolute atomic E-state index is 13.4. The van der Waals surface area contributed by atoms with Gasteiger partial charge in [-0.2, -0.15) is 0 Å². The van der Waals surface area contributed by atoms with Crippen LogP contribution in [0.5, 0.6) is 0 Å². The number of hydrogen-bond acceptors (Lipinski definition) is 4. The summed E-state index contributed by atoms with van der Waals surface area (Å²) in [6.07, 6.45) is 0. The smallest absolute Gasteiger partial charge is 0.408 e. The first-order chi connectivity index (χ1) is 11.2. The largest absolute Gasteiger partial charge is 0.419 e. The molecular formula is C16H13ClFNO4S. The fraction of sp³-hybridized carbons (Fsp3) is 0.188. The van der Waals surface area contributed by atoms with Crippen molar-refractivity contribution in [3.05, 3.63) is 62.8 Å². The molecule has 0 unspecified atom stereocenters. The predicted octanol–water partition coefficient (Wildman–Crippen LogP) is 3.21. The average molecular weight is 370 g/mol. The van der Waals surface area contributed by atoms with Crippen LogP contribution in [0.2, 0.25) is 5.02 Å². The van der Waals surface area contributed by atoms with E-state index >= 15 is 0 Å². The Hall–Kier alpha value is -2.12. The molecule has 0 aliphatic heterocycles. The van der Waals surface area contributed by atoms with E-state index < -0.39 is 27.2 Å². The number of fused-ring (bicyclic) bond motifs is 1. The minimum atomic E-state index is -3.76. The maximum Gasteiger partial charge on any atom is 0.419 e. The summed E-state index contributed by atoms with van der Waals surface area (Å²) in [5, 5.41) is 0.129. The van der Waals surface area contributed by atoms with E-state index in [-0.39, 0.29) is 15.5 Å². The Kier molecular flexibility index (Phi) is 4.01. The molecule has 3 aromatic rings. The Morgan fingerprint density at radius 1 is 1.21 bits per heavy atom. The van der Waals surface area contributed by atoms with Gasteiger partial charge in [0.1, 0.15) is 5.82 Å². The number of oxazole rings is 1. The van der Waals surface area contributed by atoms with Gasteiger partial charge in [-0.05, 0) is 48.4 Å². The normalized spacial score (nSPS) is 12.0. The highest BCUT2D eigenvalue weighted by Crippen LogP contribution is 2.26. The quantitative estimate of drug-likeness (QED) is 0.710. The van der Waals surface area contributed by atoms with Gasteiger partial charge in [-0.1, -0.05) is 11.6 Å². The van der Waals surface area contributed by atoms with Crippen molar-refractivity contribution in [3.63, 3.8) is 0 Å². The number of nitrogens with zero attached hydrogens (tertiary/aromatic N) is 1. The summed E-state index contributed by atoms with van der Waals surface area (Å²) < 4.78 is 45.1. The number of rotatable bonds is 3. The molecule has 126 valence electrons. The molecular weight excluding hydrogens is 357 g/mol. The number of halogens is 2. The SMILES string of the molecule is Cc1cc2oc(=O)n(C)c2cc1S(=O)(=O)Cc1cc(F)cc(Cl)c1. The summed E-state index contributed by atoms with van der Waals surface area (Å²) in [6.45, 7) is 1.61. The zero-order valence-electron chi connectivity index (χ0n) is 12.8. The first-order valence-corrected chi connectivity index (χ1v) is 8.98. The minimum Gasteiger partial charge on any atom is -0.408 e. The lowest BCUT2D eigenvalue weighted by molar-refractivity contribution is 0.528. The Labute approximate surface area is 142 Å². The van der Waals surface area contributed by atoms with Crippen LogP contribution in [0.1, 0.15) is 11.1 Å². The van der Waals surface area contributed by atoms with Crippen LogP contribution >= 0.6 is 11.6 Å². The number of sulfone groups is 1. The summed E-state index contributed by atoms with van der Waals surface area (Å²) in [5.41, 5.74) is 1.38. The van der Waals surface area contributed by atoms with E-state index in [1.54, 1.807) is 6.92 Å². The van der Waals surface area contributed by atoms with Crippen LogP contribution in [0.4, 0.5) is 4.39 Å². The zero-order valence-corrected chi connectivity index (χ0v) is 14.4. The van der Waals surface area contributed by atoms with Crippen molar-refractivity contribution < 1.29 is 17.2 Å². The van der Waals surface area contributed by atoms with Gasteiger partial charge < -0.3 is 4.42 Å². The van der Waals surface area contributed by atoms with E-state index in [0.717, 1.165) is 12.1 Å². The van der Waals surface area contributed by atoms with Crippen molar-refractivity contribution in [2.45, 2.75) is 17.6 Å². The first-order valence-electron chi connectivity index (χ1n) is 6.95. The molecule has 0 spiro atoms. The van der Waals surface area contributed by atoms with Gasteiger partial charge in [-0.3, -0.25) is 4.57 Å². The third-order valence-electron chi connectivity index (χ3n) is 3.70. The van der Waals surface area contributed by atoms with Crippen LogP contribution in [0, 0.1) is 12.7 Å². The Morgan fingerprint density at radius 3 is 2.58 bits per heavy atom. The van der Waals surface area contributed by atoms with E-state index in [9.17, 15) is 17.6 Å². The monoisotopic (exact) mass is 369 g/mol. The molecule has 0 saturated carbocycles. The molecule has 0 radical (unpaired) electrons. The van der Waals surface area contributed by atoms with E-state index in [1.807, 2.05) is 0 Å². The summed E-state index contributed by atoms with van der Waals surface area (Å²) in [6, 6.07) is 6.54. The van der Waals surface area contributed by atoms with Crippen LogP contribution in [-0.2, 0) is 22.6 Å². The van der Waals surface area contributed by atoms with Crippen LogP contribution in [0.15, 0.2) is 44.4 Å². The first kappa shape index (κ1) is 16.7. The van der Waals surface area contributed by atoms with Gasteiger partial charge >= 0.3 is 5.76 Å². The molecule has 0 aliphatic carbocycles. The van der Waals surface area contributed by atoms with Crippen LogP contribution in [-0.4, -0.2) is 13.0 Å². The highest BCUT2D eigenvalue weighted by molar-refractivity contribution is 7.90. The number of aryl methyl sites for hydroxylation is 2. The van der Waals surface area contributed by atoms with Crippen molar-refractivity contribution in [1.29, 1.82) is 0 Å². The van der Waals surface area contributed by atoms with Crippen LogP contribution in [0.25, 0.3) is 11.1 Å². The molecule has 1 aromatic heterocycles. The fourth-order valence-electron chi connectivity index (χ4n) is 2.58. The molecule has 0 aliphatic rings. The molecule has 0 N–H and O–H groups in total. The van der Waals surface area contributed by atoms with E-state index in [1.165, 1.54) is 29.8 Å². The highest BCUT2D eigenvalue weighted by atomic mass is 35.5. The Morgan fingerprint density at radius 2 is 1.92 bits per heavy atom. The van der Waals surface area contributed by atoms with Gasteiger partial charge in [-0.15, -0.1) is 0 Å². The minimum absolute atomic E-state index is 0.0618. The van der Waals surface area contributed by atoms with Crippen molar-refractivity contribution in [2.75, 3.05) is 0 Å². The Balaban J connectivity index is 2.12. The number of benzene rings is 2. The fourth-order valence-corrected chi connectivity index (χ4v) is 4.43. The molecule has 24 heavy (non-hydrogen) atoms. The van der Waals surface area contributed by atoms with Gasteiger partial charge in [0.25, 0.3) is 0 Å². The van der Waals surface area contributed by atoms with Crippen molar-refractivity contribution in [3.8, 4) is 0 Å². The molecule has 1 heterocycles. The van der Waals surface area contributed by atoms with E-state index in [0.29, 0.717) is 16.7 Å². The predicted molar refractivity (Wildman–Crippen MR) is 88.5 cm³/mol. The van der Waals surface area contributed by atoms with Crippen LogP contribution in [0.3, 0.4) is 0 Å². The second-order valence-corrected chi connectivity index (χ2v) is 7.94. The molecule has 8 heteroatoms. The molecule has 0 fully saturated rings. The highest BCUT2D eigenvalue weighted by Gasteiger charge is 2.21. The number of aromatic nitrogens is 1. The van der Waals surface area contributed by atoms with Crippen LogP contribution < -0.4 is 5.76 Å². The van der Waals surface area contributed by atoms with E-state index in [2.05, 4.69) is 0 Å². The lowest BCUT2D eigenvalue weighted by Crippen LogP contribution is -2.10. The van der Waals surface area contributed by atoms with Gasteiger partial charge in [0, 0.05) is 12.1 Å². The molecule has 0 bridgehead atoms. The van der Waals surface area contributed by atoms with Gasteiger partial charge in [0.15, 0.2) is 15.4 Å². The summed E-state index contributed by atoms with van der Waals surface area (Å²) in [4.78, 5) is 11.6. The second-order valence-electron chi connectivity index (χ2n) is 5.55. The molecule has 0 amide bonds. The van der Waals surface area contributed by atoms with Crippen molar-refractivity contribution >= 4 is 32.5 Å². The summed E-state index contributed by atoms with van der Waals surface area (Å²) in [5.74, 6) is -1.57. The van der Waals surface area contributed by atoms with Crippen molar-refractivity contribution in [2.24, 2.45) is 7.05 Å². The summed E-state index contributed by atoms with van der Waals surface area (Å²) >= 11 is 5.77. The average Bonchev–Trinajstić information content (AvgIpc) is 2.70. The molecule has 5 nitrogen and oxygen atoms in total. The zero-order chi connectivity index (χ0) is 17.6. The third-order valence-corrected chi connectivity index (χ3v) is 5.74. The second kappa shape index (κ2) is 5.75.